The van der Waals surface area contributed by atoms with Crippen molar-refractivity contribution < 1.29 is 4.79 Å². The van der Waals surface area contributed by atoms with Crippen LogP contribution in [0.2, 0.25) is 0 Å². The number of aromatic nitrogens is 3. The maximum atomic E-state index is 13.0. The molecule has 5 heteroatoms. The smallest absolute Gasteiger partial charge is 0.255 e. The number of rotatable bonds is 3. The van der Waals surface area contributed by atoms with Gasteiger partial charge >= 0.3 is 0 Å². The van der Waals surface area contributed by atoms with E-state index in [1.807, 2.05) is 23.5 Å². The van der Waals surface area contributed by atoms with Gasteiger partial charge in [0.2, 0.25) is 0 Å². The second-order valence-electron chi connectivity index (χ2n) is 6.81. The number of aryl methyl sites for hydroxylation is 1. The third-order valence-corrected chi connectivity index (χ3v) is 4.86. The second kappa shape index (κ2) is 6.22. The van der Waals surface area contributed by atoms with Crippen LogP contribution in [0, 0.1) is 13.8 Å². The Morgan fingerprint density at radius 2 is 2.13 bits per heavy atom. The van der Waals surface area contributed by atoms with Gasteiger partial charge in [0.05, 0.1) is 17.9 Å². The molecule has 1 atom stereocenters. The van der Waals surface area contributed by atoms with Crippen molar-refractivity contribution in [2.75, 3.05) is 13.1 Å². The molecule has 1 unspecified atom stereocenters. The van der Waals surface area contributed by atoms with Crippen LogP contribution in [0.1, 0.15) is 60.5 Å². The van der Waals surface area contributed by atoms with Gasteiger partial charge in [-0.2, -0.15) is 0 Å². The van der Waals surface area contributed by atoms with E-state index in [0.29, 0.717) is 12.1 Å². The van der Waals surface area contributed by atoms with Crippen LogP contribution >= 0.6 is 0 Å². The van der Waals surface area contributed by atoms with Gasteiger partial charge in [-0.1, -0.05) is 0 Å². The summed E-state index contributed by atoms with van der Waals surface area (Å²) in [5.41, 5.74) is 3.08. The average Bonchev–Trinajstić information content (AvgIpc) is 3.15. The number of hydrogen-bond acceptors (Lipinski definition) is 2. The Hall–Kier alpha value is -2.04. The fraction of sp³-hybridized carbons (Fsp3) is 0.556. The lowest BCUT2D eigenvalue weighted by atomic mass is 10.0. The van der Waals surface area contributed by atoms with Crippen LogP contribution in [-0.2, 0) is 0 Å². The highest BCUT2D eigenvalue weighted by Gasteiger charge is 2.27. The van der Waals surface area contributed by atoms with Gasteiger partial charge in [-0.3, -0.25) is 4.79 Å². The molecule has 1 aliphatic rings. The summed E-state index contributed by atoms with van der Waals surface area (Å²) in [6.07, 6.45) is 7.78. The normalized spacial score (nSPS) is 18.7. The number of hydrogen-bond donors (Lipinski definition) is 0. The summed E-state index contributed by atoms with van der Waals surface area (Å²) in [4.78, 5) is 19.1. The van der Waals surface area contributed by atoms with Crippen LogP contribution < -0.4 is 0 Å². The number of nitrogens with zero attached hydrogens (tertiary/aromatic N) is 4. The Morgan fingerprint density at radius 3 is 2.74 bits per heavy atom. The first kappa shape index (κ1) is 15.8. The van der Waals surface area contributed by atoms with Crippen LogP contribution in [0.3, 0.4) is 0 Å². The molecule has 1 saturated heterocycles. The molecule has 2 aromatic rings. The van der Waals surface area contributed by atoms with Crippen molar-refractivity contribution in [2.45, 2.75) is 52.6 Å². The molecule has 0 N–H and O–H groups in total. The Labute approximate surface area is 137 Å². The summed E-state index contributed by atoms with van der Waals surface area (Å²) in [6, 6.07) is 2.75. The number of amides is 1. The average molecular weight is 314 g/mol. The number of carbonyl (C=O) groups excluding carboxylic acids is 1. The van der Waals surface area contributed by atoms with Crippen molar-refractivity contribution in [2.24, 2.45) is 0 Å². The topological polar surface area (TPSA) is 43.1 Å². The van der Waals surface area contributed by atoms with Crippen LogP contribution in [0.4, 0.5) is 0 Å². The van der Waals surface area contributed by atoms with E-state index in [-0.39, 0.29) is 5.91 Å². The minimum atomic E-state index is 0.162. The van der Waals surface area contributed by atoms with Gasteiger partial charge in [-0.25, -0.2) is 4.98 Å². The molecular weight excluding hydrogens is 288 g/mol. The highest BCUT2D eigenvalue weighted by Crippen LogP contribution is 2.26. The Morgan fingerprint density at radius 1 is 1.35 bits per heavy atom. The van der Waals surface area contributed by atoms with Crippen LogP contribution in [-0.4, -0.2) is 38.0 Å². The van der Waals surface area contributed by atoms with Crippen LogP contribution in [0.15, 0.2) is 24.8 Å². The minimum Gasteiger partial charge on any atom is -0.346 e. The molecule has 0 radical (unpaired) electrons. The molecule has 1 amide bonds. The number of imidazole rings is 1. The molecule has 0 bridgehead atoms. The number of likely N-dealkylation sites (tertiary alicyclic amines) is 1. The highest BCUT2D eigenvalue weighted by molar-refractivity contribution is 5.95. The molecule has 3 heterocycles. The zero-order valence-corrected chi connectivity index (χ0v) is 14.5. The third kappa shape index (κ3) is 2.92. The Balaban J connectivity index is 1.82. The van der Waals surface area contributed by atoms with E-state index in [1.54, 1.807) is 6.20 Å². The molecular formula is C18H26N4O. The molecule has 0 aliphatic carbocycles. The Bertz CT molecular complexity index is 684. The maximum Gasteiger partial charge on any atom is 0.255 e. The summed E-state index contributed by atoms with van der Waals surface area (Å²) in [6.45, 7) is 10.1. The maximum absolute atomic E-state index is 13.0. The van der Waals surface area contributed by atoms with Crippen LogP contribution in [0.5, 0.6) is 0 Å². The molecule has 23 heavy (non-hydrogen) atoms. The van der Waals surface area contributed by atoms with Crippen molar-refractivity contribution >= 4 is 5.91 Å². The fourth-order valence-corrected chi connectivity index (χ4v) is 3.83. The molecule has 5 nitrogen and oxygen atoms in total. The predicted molar refractivity (Wildman–Crippen MR) is 90.7 cm³/mol. The van der Waals surface area contributed by atoms with Gasteiger partial charge in [0.15, 0.2) is 0 Å². The monoisotopic (exact) mass is 314 g/mol. The van der Waals surface area contributed by atoms with Gasteiger partial charge in [-0.05, 0) is 46.6 Å². The number of piperidine rings is 1. The van der Waals surface area contributed by atoms with E-state index in [9.17, 15) is 4.79 Å². The zero-order valence-electron chi connectivity index (χ0n) is 14.5. The van der Waals surface area contributed by atoms with E-state index < -0.39 is 0 Å². The van der Waals surface area contributed by atoms with E-state index in [1.165, 1.54) is 0 Å². The summed E-state index contributed by atoms with van der Waals surface area (Å²) < 4.78 is 4.36. The second-order valence-corrected chi connectivity index (χ2v) is 6.81. The SMILES string of the molecule is Cc1cc(C(=O)N2CCCC(n3ccnc3)C2)c(C)n1C(C)C. The molecule has 3 rings (SSSR count). The third-order valence-electron chi connectivity index (χ3n) is 4.86. The summed E-state index contributed by atoms with van der Waals surface area (Å²) >= 11 is 0. The minimum absolute atomic E-state index is 0.162. The molecule has 2 aromatic heterocycles. The Kier molecular flexibility index (Phi) is 4.28. The fourth-order valence-electron chi connectivity index (χ4n) is 3.83. The lowest BCUT2D eigenvalue weighted by molar-refractivity contribution is 0.0678. The first-order chi connectivity index (χ1) is 11.0. The molecule has 1 fully saturated rings. The highest BCUT2D eigenvalue weighted by atomic mass is 16.2. The van der Waals surface area contributed by atoms with Gasteiger partial charge in [0, 0.05) is 42.9 Å². The van der Waals surface area contributed by atoms with Crippen molar-refractivity contribution in [1.29, 1.82) is 0 Å². The largest absolute Gasteiger partial charge is 0.346 e. The molecule has 0 saturated carbocycles. The quantitative estimate of drug-likeness (QED) is 0.872. The first-order valence-electron chi connectivity index (χ1n) is 8.44. The zero-order chi connectivity index (χ0) is 16.6. The lowest BCUT2D eigenvalue weighted by Crippen LogP contribution is -2.40. The summed E-state index contributed by atoms with van der Waals surface area (Å²) in [7, 11) is 0. The molecule has 124 valence electrons. The van der Waals surface area contributed by atoms with Crippen molar-refractivity contribution in [1.82, 2.24) is 19.0 Å². The lowest BCUT2D eigenvalue weighted by Gasteiger charge is -2.33. The van der Waals surface area contributed by atoms with Gasteiger partial charge in [0.25, 0.3) is 5.91 Å². The van der Waals surface area contributed by atoms with Crippen molar-refractivity contribution in [3.63, 3.8) is 0 Å². The molecule has 0 aromatic carbocycles. The van der Waals surface area contributed by atoms with Gasteiger partial charge < -0.3 is 14.0 Å². The molecule has 1 aliphatic heterocycles. The summed E-state index contributed by atoms with van der Waals surface area (Å²) in [5, 5.41) is 0. The van der Waals surface area contributed by atoms with Crippen LogP contribution in [0.25, 0.3) is 0 Å². The standard InChI is InChI=1S/C18H26N4O/c1-13(2)22-14(3)10-17(15(22)4)18(23)20-8-5-6-16(11-20)21-9-7-19-12-21/h7,9-10,12-13,16H,5-6,8,11H2,1-4H3. The van der Waals surface area contributed by atoms with E-state index in [2.05, 4.69) is 41.8 Å². The van der Waals surface area contributed by atoms with Gasteiger partial charge in [0.1, 0.15) is 0 Å². The number of carbonyl (C=O) groups is 1. The molecule has 0 spiro atoms. The summed E-state index contributed by atoms with van der Waals surface area (Å²) in [5.74, 6) is 0.162. The van der Waals surface area contributed by atoms with Gasteiger partial charge in [-0.15, -0.1) is 0 Å². The van der Waals surface area contributed by atoms with E-state index in [0.717, 1.165) is 42.9 Å². The predicted octanol–water partition coefficient (Wildman–Crippen LogP) is 3.36. The van der Waals surface area contributed by atoms with Crippen molar-refractivity contribution in [3.8, 4) is 0 Å². The first-order valence-corrected chi connectivity index (χ1v) is 8.44. The van der Waals surface area contributed by atoms with Crippen molar-refractivity contribution in [3.05, 3.63) is 41.7 Å². The van der Waals surface area contributed by atoms with E-state index in [4.69, 9.17) is 0 Å². The van der Waals surface area contributed by atoms with E-state index >= 15 is 0 Å².